The van der Waals surface area contributed by atoms with Crippen LogP contribution in [0.2, 0.25) is 5.02 Å². The van der Waals surface area contributed by atoms with Crippen LogP contribution in [0, 0.1) is 13.8 Å². The summed E-state index contributed by atoms with van der Waals surface area (Å²) in [4.78, 5) is 25.4. The first-order chi connectivity index (χ1) is 16.5. The SMILES string of the molecule is CC[C@H](C)NC(=O)c1ccccc1NC(=O)c1ccc(Cl)c(S(=O)(=O)Nc2cc(C)cc(C)c2)c1. The maximum atomic E-state index is 13.1. The Bertz CT molecular complexity index is 1350. The molecule has 0 radical (unpaired) electrons. The predicted molar refractivity (Wildman–Crippen MR) is 140 cm³/mol. The van der Waals surface area contributed by atoms with E-state index in [0.29, 0.717) is 16.9 Å². The van der Waals surface area contributed by atoms with Gasteiger partial charge in [-0.25, -0.2) is 8.42 Å². The zero-order valence-electron chi connectivity index (χ0n) is 20.0. The van der Waals surface area contributed by atoms with Gasteiger partial charge in [-0.3, -0.25) is 14.3 Å². The minimum atomic E-state index is -4.07. The van der Waals surface area contributed by atoms with Crippen LogP contribution < -0.4 is 15.4 Å². The van der Waals surface area contributed by atoms with Crippen molar-refractivity contribution >= 4 is 44.8 Å². The van der Waals surface area contributed by atoms with Crippen molar-refractivity contribution in [3.05, 3.63) is 87.9 Å². The fraction of sp³-hybridized carbons (Fsp3) is 0.231. The third kappa shape index (κ3) is 6.61. The summed E-state index contributed by atoms with van der Waals surface area (Å²) in [6.07, 6.45) is 0.762. The minimum absolute atomic E-state index is 0.0215. The Balaban J connectivity index is 1.88. The van der Waals surface area contributed by atoms with Gasteiger partial charge in [0.15, 0.2) is 0 Å². The van der Waals surface area contributed by atoms with E-state index in [1.807, 2.05) is 33.8 Å². The van der Waals surface area contributed by atoms with E-state index in [4.69, 9.17) is 11.6 Å². The number of para-hydroxylation sites is 1. The van der Waals surface area contributed by atoms with E-state index < -0.39 is 15.9 Å². The van der Waals surface area contributed by atoms with Crippen molar-refractivity contribution in [3.8, 4) is 0 Å². The largest absolute Gasteiger partial charge is 0.350 e. The average molecular weight is 514 g/mol. The molecule has 184 valence electrons. The normalized spacial score (nSPS) is 12.0. The molecule has 3 aromatic carbocycles. The van der Waals surface area contributed by atoms with Crippen LogP contribution in [0.25, 0.3) is 0 Å². The number of carbonyl (C=O) groups is 2. The molecule has 0 aromatic heterocycles. The third-order valence-corrected chi connectivity index (χ3v) is 7.23. The Kier molecular flexibility index (Phi) is 8.19. The zero-order chi connectivity index (χ0) is 25.8. The Morgan fingerprint density at radius 1 is 0.943 bits per heavy atom. The topological polar surface area (TPSA) is 104 Å². The van der Waals surface area contributed by atoms with Gasteiger partial charge in [-0.1, -0.05) is 36.7 Å². The number of hydrogen-bond donors (Lipinski definition) is 3. The molecule has 3 N–H and O–H groups in total. The third-order valence-electron chi connectivity index (χ3n) is 5.37. The summed E-state index contributed by atoms with van der Waals surface area (Å²) >= 11 is 6.20. The van der Waals surface area contributed by atoms with E-state index in [1.54, 1.807) is 36.4 Å². The van der Waals surface area contributed by atoms with E-state index in [2.05, 4.69) is 15.4 Å². The van der Waals surface area contributed by atoms with Crippen LogP contribution in [0.1, 0.15) is 52.1 Å². The van der Waals surface area contributed by atoms with Gasteiger partial charge in [0.25, 0.3) is 21.8 Å². The smallest absolute Gasteiger partial charge is 0.263 e. The van der Waals surface area contributed by atoms with Crippen LogP contribution in [-0.2, 0) is 10.0 Å². The van der Waals surface area contributed by atoms with Gasteiger partial charge in [0.2, 0.25) is 0 Å². The predicted octanol–water partition coefficient (Wildman–Crippen LogP) is 5.54. The van der Waals surface area contributed by atoms with E-state index in [-0.39, 0.29) is 27.4 Å². The second kappa shape index (κ2) is 10.9. The molecule has 0 spiro atoms. The molecular weight excluding hydrogens is 486 g/mol. The van der Waals surface area contributed by atoms with Crippen molar-refractivity contribution in [1.82, 2.24) is 5.32 Å². The monoisotopic (exact) mass is 513 g/mol. The molecule has 35 heavy (non-hydrogen) atoms. The Hall–Kier alpha value is -3.36. The number of rotatable bonds is 8. The van der Waals surface area contributed by atoms with Crippen LogP contribution >= 0.6 is 11.6 Å². The molecule has 0 bridgehead atoms. The molecule has 7 nitrogen and oxygen atoms in total. The number of sulfonamides is 1. The van der Waals surface area contributed by atoms with Gasteiger partial charge < -0.3 is 10.6 Å². The molecule has 2 amide bonds. The van der Waals surface area contributed by atoms with E-state index in [9.17, 15) is 18.0 Å². The Morgan fingerprint density at radius 2 is 1.60 bits per heavy atom. The first kappa shape index (κ1) is 26.2. The summed E-state index contributed by atoms with van der Waals surface area (Å²) in [6, 6.07) is 15.9. The highest BCUT2D eigenvalue weighted by Crippen LogP contribution is 2.27. The number of benzene rings is 3. The van der Waals surface area contributed by atoms with Gasteiger partial charge in [-0.15, -0.1) is 0 Å². The van der Waals surface area contributed by atoms with Gasteiger partial charge in [0.1, 0.15) is 4.90 Å². The molecule has 1 atom stereocenters. The maximum Gasteiger partial charge on any atom is 0.263 e. The highest BCUT2D eigenvalue weighted by molar-refractivity contribution is 7.92. The van der Waals surface area contributed by atoms with Crippen LogP contribution in [0.4, 0.5) is 11.4 Å². The maximum absolute atomic E-state index is 13.1. The number of amides is 2. The molecule has 0 saturated heterocycles. The summed E-state index contributed by atoms with van der Waals surface area (Å²) in [5.74, 6) is -0.888. The summed E-state index contributed by atoms with van der Waals surface area (Å²) in [5, 5.41) is 5.55. The molecule has 0 saturated carbocycles. The second-order valence-corrected chi connectivity index (χ2v) is 10.5. The molecular formula is C26H28ClN3O4S. The lowest BCUT2D eigenvalue weighted by Gasteiger charge is -2.15. The van der Waals surface area contributed by atoms with Crippen molar-refractivity contribution in [3.63, 3.8) is 0 Å². The zero-order valence-corrected chi connectivity index (χ0v) is 21.5. The fourth-order valence-electron chi connectivity index (χ4n) is 3.48. The van der Waals surface area contributed by atoms with Crippen molar-refractivity contribution in [2.45, 2.75) is 45.1 Å². The first-order valence-electron chi connectivity index (χ1n) is 11.1. The van der Waals surface area contributed by atoms with E-state index >= 15 is 0 Å². The summed E-state index contributed by atoms with van der Waals surface area (Å²) in [6.45, 7) is 7.58. The summed E-state index contributed by atoms with van der Waals surface area (Å²) in [5.41, 5.74) is 2.89. The molecule has 0 fully saturated rings. The molecule has 0 aliphatic heterocycles. The van der Waals surface area contributed by atoms with Gasteiger partial charge in [0, 0.05) is 17.3 Å². The van der Waals surface area contributed by atoms with Crippen LogP contribution in [0.5, 0.6) is 0 Å². The lowest BCUT2D eigenvalue weighted by Crippen LogP contribution is -2.32. The molecule has 3 aromatic rings. The van der Waals surface area contributed by atoms with Crippen molar-refractivity contribution < 1.29 is 18.0 Å². The van der Waals surface area contributed by atoms with Gasteiger partial charge in [-0.05, 0) is 80.8 Å². The highest BCUT2D eigenvalue weighted by Gasteiger charge is 2.22. The number of carbonyl (C=O) groups excluding carboxylic acids is 2. The van der Waals surface area contributed by atoms with Crippen LogP contribution in [0.15, 0.2) is 65.6 Å². The minimum Gasteiger partial charge on any atom is -0.350 e. The number of anilines is 2. The number of nitrogens with one attached hydrogen (secondary N) is 3. The Labute approximate surface area is 211 Å². The standard InChI is InChI=1S/C26H28ClN3O4S/c1-5-18(4)28-26(32)21-8-6-7-9-23(21)29-25(31)19-10-11-22(27)24(15-19)35(33,34)30-20-13-16(2)12-17(3)14-20/h6-15,18,30H,5H2,1-4H3,(H,28,32)(H,29,31)/t18-/m0/s1. The fourth-order valence-corrected chi connectivity index (χ4v) is 5.05. The average Bonchev–Trinajstić information content (AvgIpc) is 2.78. The van der Waals surface area contributed by atoms with Crippen LogP contribution in [-0.4, -0.2) is 26.3 Å². The lowest BCUT2D eigenvalue weighted by atomic mass is 10.1. The second-order valence-electron chi connectivity index (χ2n) is 8.41. The molecule has 9 heteroatoms. The first-order valence-corrected chi connectivity index (χ1v) is 13.0. The van der Waals surface area contributed by atoms with Crippen molar-refractivity contribution in [2.75, 3.05) is 10.0 Å². The summed E-state index contributed by atoms with van der Waals surface area (Å²) < 4.78 is 28.7. The quantitative estimate of drug-likeness (QED) is 0.368. The van der Waals surface area contributed by atoms with Gasteiger partial charge >= 0.3 is 0 Å². The van der Waals surface area contributed by atoms with E-state index in [1.165, 1.54) is 18.2 Å². The molecule has 0 aliphatic rings. The highest BCUT2D eigenvalue weighted by atomic mass is 35.5. The molecule has 3 rings (SSSR count). The number of aryl methyl sites for hydroxylation is 2. The number of hydrogen-bond acceptors (Lipinski definition) is 4. The van der Waals surface area contributed by atoms with Crippen molar-refractivity contribution in [1.29, 1.82) is 0 Å². The van der Waals surface area contributed by atoms with Crippen LogP contribution in [0.3, 0.4) is 0 Å². The van der Waals surface area contributed by atoms with Crippen molar-refractivity contribution in [2.24, 2.45) is 0 Å². The molecule has 0 aliphatic carbocycles. The Morgan fingerprint density at radius 3 is 2.26 bits per heavy atom. The number of halogens is 1. The van der Waals surface area contributed by atoms with Gasteiger partial charge in [0.05, 0.1) is 16.3 Å². The molecule has 0 heterocycles. The molecule has 0 unspecified atom stereocenters. The summed E-state index contributed by atoms with van der Waals surface area (Å²) in [7, 11) is -4.07. The van der Waals surface area contributed by atoms with E-state index in [0.717, 1.165) is 17.5 Å². The lowest BCUT2D eigenvalue weighted by molar-refractivity contribution is 0.0940. The van der Waals surface area contributed by atoms with Gasteiger partial charge in [-0.2, -0.15) is 0 Å².